The van der Waals surface area contributed by atoms with Gasteiger partial charge in [-0.1, -0.05) is 42.4 Å². The number of piperidine rings is 1. The molecule has 0 aromatic carbocycles. The van der Waals surface area contributed by atoms with Gasteiger partial charge in [0, 0.05) is 19.1 Å². The van der Waals surface area contributed by atoms with E-state index in [1.807, 2.05) is 6.92 Å². The normalized spacial score (nSPS) is 23.3. The predicted molar refractivity (Wildman–Crippen MR) is 99.5 cm³/mol. The Morgan fingerprint density at radius 1 is 1.25 bits per heavy atom. The number of nitrogens with zero attached hydrogens (tertiary/aromatic N) is 3. The molecule has 2 heterocycles. The molecule has 134 valence electrons. The summed E-state index contributed by atoms with van der Waals surface area (Å²) in [4.78, 5) is 14.8. The summed E-state index contributed by atoms with van der Waals surface area (Å²) in [7, 11) is 0. The van der Waals surface area contributed by atoms with Crippen molar-refractivity contribution in [2.24, 2.45) is 5.92 Å². The van der Waals surface area contributed by atoms with Gasteiger partial charge in [0.05, 0.1) is 5.75 Å². The van der Waals surface area contributed by atoms with Crippen LogP contribution >= 0.6 is 23.1 Å². The van der Waals surface area contributed by atoms with Gasteiger partial charge in [-0.2, -0.15) is 0 Å². The lowest BCUT2D eigenvalue weighted by Gasteiger charge is -2.36. The maximum absolute atomic E-state index is 12.2. The highest BCUT2D eigenvalue weighted by molar-refractivity contribution is 8.01. The van der Waals surface area contributed by atoms with Crippen molar-refractivity contribution in [2.45, 2.75) is 62.3 Å². The molecular weight excluding hydrogens is 340 g/mol. The van der Waals surface area contributed by atoms with Crippen molar-refractivity contribution < 1.29 is 4.79 Å². The van der Waals surface area contributed by atoms with Gasteiger partial charge in [0.2, 0.25) is 5.91 Å². The Bertz CT molecular complexity index is 530. The van der Waals surface area contributed by atoms with Gasteiger partial charge >= 0.3 is 0 Å². The number of hydrogen-bond acceptors (Lipinski definition) is 6. The first-order valence-electron chi connectivity index (χ1n) is 9.13. The van der Waals surface area contributed by atoms with Crippen LogP contribution in [-0.2, 0) is 4.79 Å². The van der Waals surface area contributed by atoms with E-state index in [0.717, 1.165) is 28.2 Å². The van der Waals surface area contributed by atoms with Crippen LogP contribution in [0.3, 0.4) is 0 Å². The molecule has 1 aromatic heterocycles. The minimum atomic E-state index is 0.123. The number of aromatic nitrogens is 2. The lowest BCUT2D eigenvalue weighted by Crippen LogP contribution is -2.49. The molecule has 0 bridgehead atoms. The number of carbonyl (C=O) groups excluding carboxylic acids is 1. The Labute approximate surface area is 153 Å². The number of likely N-dealkylation sites (tertiary alicyclic amines) is 1. The van der Waals surface area contributed by atoms with Crippen molar-refractivity contribution in [2.75, 3.05) is 25.4 Å². The van der Waals surface area contributed by atoms with Crippen LogP contribution in [0, 0.1) is 12.8 Å². The molecule has 1 amide bonds. The quantitative estimate of drug-likeness (QED) is 0.782. The van der Waals surface area contributed by atoms with Crippen molar-refractivity contribution >= 4 is 29.0 Å². The fraction of sp³-hybridized carbons (Fsp3) is 0.824. The van der Waals surface area contributed by atoms with E-state index in [4.69, 9.17) is 0 Å². The highest BCUT2D eigenvalue weighted by atomic mass is 32.2. The Morgan fingerprint density at radius 2 is 2.08 bits per heavy atom. The molecule has 1 aromatic rings. The number of nitrogens with one attached hydrogen (secondary N) is 1. The smallest absolute Gasteiger partial charge is 0.230 e. The molecule has 5 nitrogen and oxygen atoms in total. The topological polar surface area (TPSA) is 58.1 Å². The maximum atomic E-state index is 12.2. The van der Waals surface area contributed by atoms with Gasteiger partial charge in [-0.05, 0) is 45.1 Å². The number of rotatable bonds is 6. The summed E-state index contributed by atoms with van der Waals surface area (Å²) in [6, 6.07) is 0.312. The van der Waals surface area contributed by atoms with Crippen LogP contribution < -0.4 is 5.32 Å². The van der Waals surface area contributed by atoms with Crippen LogP contribution in [0.5, 0.6) is 0 Å². The van der Waals surface area contributed by atoms with Gasteiger partial charge in [0.1, 0.15) is 5.01 Å². The van der Waals surface area contributed by atoms with Gasteiger partial charge in [-0.3, -0.25) is 4.79 Å². The Hall–Kier alpha value is -0.660. The molecule has 0 unspecified atom stereocenters. The van der Waals surface area contributed by atoms with Crippen LogP contribution in [0.1, 0.15) is 50.0 Å². The van der Waals surface area contributed by atoms with Crippen LogP contribution in [0.4, 0.5) is 0 Å². The van der Waals surface area contributed by atoms with E-state index in [9.17, 15) is 4.79 Å². The minimum Gasteiger partial charge on any atom is -0.351 e. The van der Waals surface area contributed by atoms with Crippen molar-refractivity contribution in [3.63, 3.8) is 0 Å². The number of aryl methyl sites for hydroxylation is 1. The zero-order valence-corrected chi connectivity index (χ0v) is 16.1. The second kappa shape index (κ2) is 9.15. The standard InChI is InChI=1S/C17H28N4OS2/c1-13-19-20-17(24-13)23-12-16(22)18-15-8-5-9-21(11-15)10-14-6-3-2-4-7-14/h14-15H,2-12H2,1H3,(H,18,22)/t15-/m0/s1. The lowest BCUT2D eigenvalue weighted by molar-refractivity contribution is -0.119. The van der Waals surface area contributed by atoms with Crippen molar-refractivity contribution in [3.8, 4) is 0 Å². The molecule has 1 saturated carbocycles. The summed E-state index contributed by atoms with van der Waals surface area (Å²) < 4.78 is 0.880. The summed E-state index contributed by atoms with van der Waals surface area (Å²) >= 11 is 3.03. The second-order valence-corrected chi connectivity index (χ2v) is 9.45. The number of carbonyl (C=O) groups is 1. The fourth-order valence-electron chi connectivity index (χ4n) is 3.81. The zero-order valence-electron chi connectivity index (χ0n) is 14.5. The third kappa shape index (κ3) is 5.70. The summed E-state index contributed by atoms with van der Waals surface area (Å²) in [5.74, 6) is 1.44. The van der Waals surface area contributed by atoms with Crippen molar-refractivity contribution in [1.29, 1.82) is 0 Å². The molecule has 1 aliphatic heterocycles. The highest BCUT2D eigenvalue weighted by Crippen LogP contribution is 2.25. The van der Waals surface area contributed by atoms with Crippen LogP contribution in [-0.4, -0.2) is 52.4 Å². The van der Waals surface area contributed by atoms with Gasteiger partial charge < -0.3 is 10.2 Å². The van der Waals surface area contributed by atoms with E-state index in [1.165, 1.54) is 63.4 Å². The molecule has 1 N–H and O–H groups in total. The van der Waals surface area contributed by atoms with Gasteiger partial charge in [0.25, 0.3) is 0 Å². The first-order valence-corrected chi connectivity index (χ1v) is 10.9. The minimum absolute atomic E-state index is 0.123. The molecule has 24 heavy (non-hydrogen) atoms. The van der Waals surface area contributed by atoms with Gasteiger partial charge in [0.15, 0.2) is 4.34 Å². The van der Waals surface area contributed by atoms with Crippen LogP contribution in [0.2, 0.25) is 0 Å². The largest absolute Gasteiger partial charge is 0.351 e. The van der Waals surface area contributed by atoms with Gasteiger partial charge in [-0.25, -0.2) is 0 Å². The summed E-state index contributed by atoms with van der Waals surface area (Å²) in [6.45, 7) is 5.38. The van der Waals surface area contributed by atoms with Gasteiger partial charge in [-0.15, -0.1) is 10.2 Å². The van der Waals surface area contributed by atoms with Crippen molar-refractivity contribution in [1.82, 2.24) is 20.4 Å². The fourth-order valence-corrected chi connectivity index (χ4v) is 5.43. The van der Waals surface area contributed by atoms with Crippen LogP contribution in [0.15, 0.2) is 4.34 Å². The predicted octanol–water partition coefficient (Wildman–Crippen LogP) is 3.10. The summed E-state index contributed by atoms with van der Waals surface area (Å²) in [6.07, 6.45) is 9.32. The molecule has 2 fully saturated rings. The average Bonchev–Trinajstić information content (AvgIpc) is 3.00. The highest BCUT2D eigenvalue weighted by Gasteiger charge is 2.24. The van der Waals surface area contributed by atoms with E-state index in [2.05, 4.69) is 20.4 Å². The molecule has 1 saturated heterocycles. The second-order valence-electron chi connectivity index (χ2n) is 7.05. The molecule has 2 aliphatic rings. The maximum Gasteiger partial charge on any atom is 0.230 e. The Morgan fingerprint density at radius 3 is 2.83 bits per heavy atom. The van der Waals surface area contributed by atoms with E-state index in [0.29, 0.717) is 11.8 Å². The average molecular weight is 369 g/mol. The number of amides is 1. The molecule has 1 aliphatic carbocycles. The number of hydrogen-bond donors (Lipinski definition) is 1. The van der Waals surface area contributed by atoms with Crippen LogP contribution in [0.25, 0.3) is 0 Å². The summed E-state index contributed by atoms with van der Waals surface area (Å²) in [5, 5.41) is 12.2. The third-order valence-electron chi connectivity index (χ3n) is 4.95. The van der Waals surface area contributed by atoms with E-state index in [-0.39, 0.29) is 5.91 Å². The molecular formula is C17H28N4OS2. The first-order chi connectivity index (χ1) is 11.7. The van der Waals surface area contributed by atoms with E-state index in [1.54, 1.807) is 11.3 Å². The third-order valence-corrected chi connectivity index (χ3v) is 6.92. The Balaban J connectivity index is 1.38. The zero-order chi connectivity index (χ0) is 16.8. The monoisotopic (exact) mass is 368 g/mol. The molecule has 0 spiro atoms. The lowest BCUT2D eigenvalue weighted by atomic mass is 9.88. The SMILES string of the molecule is Cc1nnc(SCC(=O)N[C@H]2CCCN(CC3CCCCC3)C2)s1. The number of thioether (sulfide) groups is 1. The summed E-state index contributed by atoms with van der Waals surface area (Å²) in [5.41, 5.74) is 0. The first kappa shape index (κ1) is 18.1. The molecule has 0 radical (unpaired) electrons. The Kier molecular flexibility index (Phi) is 6.92. The van der Waals surface area contributed by atoms with E-state index >= 15 is 0 Å². The molecule has 3 rings (SSSR count). The van der Waals surface area contributed by atoms with Crippen molar-refractivity contribution in [3.05, 3.63) is 5.01 Å². The van der Waals surface area contributed by atoms with E-state index < -0.39 is 0 Å². The molecule has 7 heteroatoms. The molecule has 1 atom stereocenters.